The summed E-state index contributed by atoms with van der Waals surface area (Å²) in [5.74, 6) is 0.930. The van der Waals surface area contributed by atoms with E-state index >= 15 is 0 Å². The van der Waals surface area contributed by atoms with E-state index in [1.807, 2.05) is 30.3 Å². The van der Waals surface area contributed by atoms with Crippen molar-refractivity contribution in [2.75, 3.05) is 32.8 Å². The van der Waals surface area contributed by atoms with E-state index in [1.54, 1.807) is 0 Å². The van der Waals surface area contributed by atoms with Crippen molar-refractivity contribution >= 4 is 0 Å². The molecular weight excluding hydrogens is 392 g/mol. The molecule has 1 saturated heterocycles. The van der Waals surface area contributed by atoms with Crippen molar-refractivity contribution in [2.45, 2.75) is 38.6 Å². The zero-order valence-electron chi connectivity index (χ0n) is 19.3. The molecule has 0 aliphatic carbocycles. The maximum atomic E-state index is 5.71. The van der Waals surface area contributed by atoms with Gasteiger partial charge in [0, 0.05) is 19.1 Å². The van der Waals surface area contributed by atoms with Crippen LogP contribution in [0.2, 0.25) is 0 Å². The molecule has 1 aliphatic heterocycles. The van der Waals surface area contributed by atoms with Gasteiger partial charge in [-0.1, -0.05) is 66.7 Å². The van der Waals surface area contributed by atoms with Crippen molar-refractivity contribution in [3.63, 3.8) is 0 Å². The Balaban J connectivity index is 1.17. The molecule has 0 bridgehead atoms. The molecule has 0 saturated carbocycles. The van der Waals surface area contributed by atoms with Crippen LogP contribution in [-0.2, 0) is 12.8 Å². The molecule has 3 aromatic carbocycles. The maximum Gasteiger partial charge on any atom is 0.119 e. The number of rotatable bonds is 11. The number of nitrogens with one attached hydrogen (secondary N) is 1. The molecule has 32 heavy (non-hydrogen) atoms. The molecule has 3 heteroatoms. The van der Waals surface area contributed by atoms with Crippen LogP contribution < -0.4 is 10.1 Å². The van der Waals surface area contributed by atoms with Crippen molar-refractivity contribution in [3.8, 4) is 16.9 Å². The predicted octanol–water partition coefficient (Wildman–Crippen LogP) is 5.59. The minimum atomic E-state index is 0.690. The molecule has 3 nitrogen and oxygen atoms in total. The molecule has 0 spiro atoms. The highest BCUT2D eigenvalue weighted by Crippen LogP contribution is 2.22. The summed E-state index contributed by atoms with van der Waals surface area (Å²) in [6, 6.07) is 28.9. The third kappa shape index (κ3) is 6.69. The Bertz CT molecular complexity index is 922. The summed E-state index contributed by atoms with van der Waals surface area (Å²) >= 11 is 0. The lowest BCUT2D eigenvalue weighted by molar-refractivity contribution is 0.272. The summed E-state index contributed by atoms with van der Waals surface area (Å²) in [4.78, 5) is 2.62. The average Bonchev–Trinajstić information content (AvgIpc) is 3.26. The topological polar surface area (TPSA) is 24.5 Å². The van der Waals surface area contributed by atoms with Crippen LogP contribution >= 0.6 is 0 Å². The smallest absolute Gasteiger partial charge is 0.119 e. The summed E-state index contributed by atoms with van der Waals surface area (Å²) in [6.45, 7) is 7.31. The van der Waals surface area contributed by atoms with Gasteiger partial charge in [0.15, 0.2) is 0 Å². The van der Waals surface area contributed by atoms with Crippen LogP contribution in [0.1, 0.15) is 30.9 Å². The molecule has 1 atom stereocenters. The second-order valence-corrected chi connectivity index (χ2v) is 8.83. The molecule has 0 amide bonds. The lowest BCUT2D eigenvalue weighted by Gasteiger charge is -2.20. The van der Waals surface area contributed by atoms with Gasteiger partial charge in [-0.05, 0) is 80.1 Å². The van der Waals surface area contributed by atoms with E-state index in [0.717, 1.165) is 37.7 Å². The number of nitrogens with zero attached hydrogens (tertiary/aromatic N) is 1. The summed E-state index contributed by atoms with van der Waals surface area (Å²) < 4.78 is 5.71. The Morgan fingerprint density at radius 3 is 2.09 bits per heavy atom. The number of ether oxygens (including phenoxy) is 1. The first kappa shape index (κ1) is 22.6. The molecule has 0 unspecified atom stereocenters. The van der Waals surface area contributed by atoms with Crippen LogP contribution in [0.15, 0.2) is 78.9 Å². The van der Waals surface area contributed by atoms with E-state index in [4.69, 9.17) is 4.74 Å². The number of hydrogen-bond donors (Lipinski definition) is 1. The van der Waals surface area contributed by atoms with Crippen molar-refractivity contribution in [2.24, 2.45) is 0 Å². The van der Waals surface area contributed by atoms with E-state index in [-0.39, 0.29) is 0 Å². The fourth-order valence-electron chi connectivity index (χ4n) is 4.44. The number of likely N-dealkylation sites (tertiary alicyclic amines) is 1. The van der Waals surface area contributed by atoms with Gasteiger partial charge in [0.2, 0.25) is 0 Å². The van der Waals surface area contributed by atoms with Crippen LogP contribution in [0.3, 0.4) is 0 Å². The van der Waals surface area contributed by atoms with E-state index in [0.29, 0.717) is 6.61 Å². The van der Waals surface area contributed by atoms with Crippen LogP contribution in [-0.4, -0.2) is 43.7 Å². The van der Waals surface area contributed by atoms with Crippen LogP contribution in [0.4, 0.5) is 0 Å². The van der Waals surface area contributed by atoms with Crippen molar-refractivity contribution < 1.29 is 4.74 Å². The van der Waals surface area contributed by atoms with Gasteiger partial charge in [-0.25, -0.2) is 0 Å². The van der Waals surface area contributed by atoms with Gasteiger partial charge in [0.25, 0.3) is 0 Å². The van der Waals surface area contributed by atoms with Gasteiger partial charge in [-0.2, -0.15) is 0 Å². The fourth-order valence-corrected chi connectivity index (χ4v) is 4.44. The lowest BCUT2D eigenvalue weighted by Crippen LogP contribution is -2.28. The third-order valence-corrected chi connectivity index (χ3v) is 6.50. The summed E-state index contributed by atoms with van der Waals surface area (Å²) in [6.07, 6.45) is 4.88. The monoisotopic (exact) mass is 428 g/mol. The third-order valence-electron chi connectivity index (χ3n) is 6.50. The Morgan fingerprint density at radius 1 is 0.812 bits per heavy atom. The highest BCUT2D eigenvalue weighted by Gasteiger charge is 2.19. The van der Waals surface area contributed by atoms with Crippen LogP contribution in [0, 0.1) is 0 Å². The Kier molecular flexibility index (Phi) is 8.35. The van der Waals surface area contributed by atoms with Gasteiger partial charge < -0.3 is 15.0 Å². The largest absolute Gasteiger partial charge is 0.492 e. The SMILES string of the molecule is C[C@@H]1CCCN1CCc1ccc(-c2ccc(CCNCCOc3ccccc3)cc2)cc1. The average molecular weight is 429 g/mol. The standard InChI is InChI=1S/C29H36N2O/c1-24-6-5-21-31(24)22-18-26-11-15-28(16-12-26)27-13-9-25(10-14-27)17-19-30-20-23-32-29-7-3-2-4-8-29/h2-4,7-16,24,30H,5-6,17-23H2,1H3/t24-/m1/s1. The Hall–Kier alpha value is -2.62. The first-order chi connectivity index (χ1) is 15.8. The van der Waals surface area contributed by atoms with Gasteiger partial charge in [0.05, 0.1) is 0 Å². The van der Waals surface area contributed by atoms with Gasteiger partial charge in [-0.15, -0.1) is 0 Å². The number of benzene rings is 3. The van der Waals surface area contributed by atoms with Crippen LogP contribution in [0.25, 0.3) is 11.1 Å². The molecule has 0 radical (unpaired) electrons. The maximum absolute atomic E-state index is 5.71. The minimum absolute atomic E-state index is 0.690. The number of para-hydroxylation sites is 1. The molecule has 4 rings (SSSR count). The summed E-state index contributed by atoms with van der Waals surface area (Å²) in [5, 5.41) is 3.46. The van der Waals surface area contributed by atoms with Crippen LogP contribution in [0.5, 0.6) is 5.75 Å². The fraction of sp³-hybridized carbons (Fsp3) is 0.379. The zero-order chi connectivity index (χ0) is 22.0. The molecular formula is C29H36N2O. The summed E-state index contributed by atoms with van der Waals surface area (Å²) in [5.41, 5.74) is 5.39. The molecule has 1 aliphatic rings. The Labute approximate surface area is 193 Å². The van der Waals surface area contributed by atoms with E-state index < -0.39 is 0 Å². The van der Waals surface area contributed by atoms with Crippen molar-refractivity contribution in [1.82, 2.24) is 10.2 Å². The summed E-state index contributed by atoms with van der Waals surface area (Å²) in [7, 11) is 0. The predicted molar refractivity (Wildman–Crippen MR) is 134 cm³/mol. The lowest BCUT2D eigenvalue weighted by atomic mass is 10.0. The highest BCUT2D eigenvalue weighted by atomic mass is 16.5. The van der Waals surface area contributed by atoms with E-state index in [1.165, 1.54) is 48.2 Å². The van der Waals surface area contributed by atoms with Crippen molar-refractivity contribution in [1.29, 1.82) is 0 Å². The molecule has 1 N–H and O–H groups in total. The van der Waals surface area contributed by atoms with Gasteiger partial charge >= 0.3 is 0 Å². The van der Waals surface area contributed by atoms with E-state index in [9.17, 15) is 0 Å². The molecule has 0 aromatic heterocycles. The van der Waals surface area contributed by atoms with Crippen molar-refractivity contribution in [3.05, 3.63) is 90.0 Å². The molecule has 1 fully saturated rings. The molecule has 1 heterocycles. The molecule has 168 valence electrons. The minimum Gasteiger partial charge on any atom is -0.492 e. The van der Waals surface area contributed by atoms with E-state index in [2.05, 4.69) is 65.7 Å². The van der Waals surface area contributed by atoms with Gasteiger partial charge in [0.1, 0.15) is 12.4 Å². The highest BCUT2D eigenvalue weighted by molar-refractivity contribution is 5.64. The Morgan fingerprint density at radius 2 is 1.47 bits per heavy atom. The number of hydrogen-bond acceptors (Lipinski definition) is 3. The first-order valence-electron chi connectivity index (χ1n) is 12.1. The first-order valence-corrected chi connectivity index (χ1v) is 12.1. The normalized spacial score (nSPS) is 16.3. The quantitative estimate of drug-likeness (QED) is 0.403. The van der Waals surface area contributed by atoms with Gasteiger partial charge in [-0.3, -0.25) is 0 Å². The second kappa shape index (κ2) is 11.8. The zero-order valence-corrected chi connectivity index (χ0v) is 19.3. The molecule has 3 aromatic rings. The second-order valence-electron chi connectivity index (χ2n) is 8.83.